The van der Waals surface area contributed by atoms with Gasteiger partial charge in [0, 0.05) is 12.1 Å². The number of nitrogens with one attached hydrogen (secondary N) is 1. The lowest BCUT2D eigenvalue weighted by molar-refractivity contribution is -0.136. The normalized spacial score (nSPS) is 11.9. The van der Waals surface area contributed by atoms with Crippen LogP contribution in [0.2, 0.25) is 0 Å². The van der Waals surface area contributed by atoms with Crippen molar-refractivity contribution < 1.29 is 14.7 Å². The molecule has 0 spiro atoms. The maximum Gasteiger partial charge on any atom is 0.307 e. The topological polar surface area (TPSA) is 92.4 Å². The zero-order chi connectivity index (χ0) is 15.7. The summed E-state index contributed by atoms with van der Waals surface area (Å²) in [4.78, 5) is 22.6. The van der Waals surface area contributed by atoms with Crippen LogP contribution in [0.25, 0.3) is 0 Å². The molecule has 0 fully saturated rings. The van der Waals surface area contributed by atoms with Crippen LogP contribution >= 0.6 is 0 Å². The number of carboxylic acids is 1. The summed E-state index contributed by atoms with van der Waals surface area (Å²) in [7, 11) is 0. The maximum absolute atomic E-state index is 11.9. The number of carboxylic acid groups (broad SMARTS) is 1. The zero-order valence-corrected chi connectivity index (χ0v) is 12.5. The quantitative estimate of drug-likeness (QED) is 0.651. The standard InChI is InChI=1S/C16H24N2O3/c1-2-12(8-9-17)6-7-15(19)18-14-5-3-4-13(10-14)11-16(20)21/h3-5,10,12H,2,6-9,11,17H2,1H3,(H,18,19)(H,20,21). The first-order valence-electron chi connectivity index (χ1n) is 7.35. The van der Waals surface area contributed by atoms with Crippen molar-refractivity contribution in [1.29, 1.82) is 0 Å². The van der Waals surface area contributed by atoms with Gasteiger partial charge < -0.3 is 16.2 Å². The van der Waals surface area contributed by atoms with Gasteiger partial charge in [0.25, 0.3) is 0 Å². The third-order valence-corrected chi connectivity index (χ3v) is 3.50. The molecule has 1 aromatic rings. The molecule has 5 heteroatoms. The SMILES string of the molecule is CCC(CCN)CCC(=O)Nc1cccc(CC(=O)O)c1. The molecule has 0 saturated carbocycles. The van der Waals surface area contributed by atoms with E-state index in [1.54, 1.807) is 24.3 Å². The number of rotatable bonds is 9. The second-order valence-corrected chi connectivity index (χ2v) is 5.21. The van der Waals surface area contributed by atoms with Crippen molar-refractivity contribution in [3.05, 3.63) is 29.8 Å². The van der Waals surface area contributed by atoms with Gasteiger partial charge in [0.05, 0.1) is 6.42 Å². The first kappa shape index (κ1) is 17.2. The molecule has 1 unspecified atom stereocenters. The Morgan fingerprint density at radius 3 is 2.71 bits per heavy atom. The second-order valence-electron chi connectivity index (χ2n) is 5.21. The fourth-order valence-electron chi connectivity index (χ4n) is 2.28. The lowest BCUT2D eigenvalue weighted by atomic mass is 9.96. The van der Waals surface area contributed by atoms with Crippen LogP contribution in [0.1, 0.15) is 38.2 Å². The van der Waals surface area contributed by atoms with Gasteiger partial charge in [-0.2, -0.15) is 0 Å². The first-order chi connectivity index (χ1) is 10.0. The van der Waals surface area contributed by atoms with E-state index in [4.69, 9.17) is 10.8 Å². The third kappa shape index (κ3) is 6.90. The molecule has 5 nitrogen and oxygen atoms in total. The minimum Gasteiger partial charge on any atom is -0.481 e. The largest absolute Gasteiger partial charge is 0.481 e. The van der Waals surface area contributed by atoms with Crippen LogP contribution in [0.4, 0.5) is 5.69 Å². The molecular weight excluding hydrogens is 268 g/mol. The lowest BCUT2D eigenvalue weighted by Crippen LogP contribution is -2.15. The average Bonchev–Trinajstić information content (AvgIpc) is 2.43. The number of nitrogens with two attached hydrogens (primary N) is 1. The van der Waals surface area contributed by atoms with Gasteiger partial charge in [-0.3, -0.25) is 9.59 Å². The van der Waals surface area contributed by atoms with Crippen LogP contribution in [0.3, 0.4) is 0 Å². The third-order valence-electron chi connectivity index (χ3n) is 3.50. The Hall–Kier alpha value is -1.88. The minimum atomic E-state index is -0.883. The van der Waals surface area contributed by atoms with Crippen molar-refractivity contribution in [2.75, 3.05) is 11.9 Å². The molecule has 4 N–H and O–H groups in total. The molecule has 0 aliphatic rings. The number of carbonyl (C=O) groups is 2. The lowest BCUT2D eigenvalue weighted by Gasteiger charge is -2.13. The van der Waals surface area contributed by atoms with Gasteiger partial charge in [0.1, 0.15) is 0 Å². The molecule has 0 bridgehead atoms. The van der Waals surface area contributed by atoms with Gasteiger partial charge in [-0.05, 0) is 43.0 Å². The molecule has 1 amide bonds. The molecule has 0 aliphatic heterocycles. The van der Waals surface area contributed by atoms with Crippen molar-refractivity contribution in [3.8, 4) is 0 Å². The monoisotopic (exact) mass is 292 g/mol. The highest BCUT2D eigenvalue weighted by atomic mass is 16.4. The Morgan fingerprint density at radius 1 is 1.33 bits per heavy atom. The molecule has 0 aliphatic carbocycles. The summed E-state index contributed by atoms with van der Waals surface area (Å²) in [5.74, 6) is -0.442. The predicted molar refractivity (Wildman–Crippen MR) is 83.1 cm³/mol. The van der Waals surface area contributed by atoms with Crippen molar-refractivity contribution >= 4 is 17.6 Å². The van der Waals surface area contributed by atoms with E-state index in [1.165, 1.54) is 0 Å². The molecular formula is C16H24N2O3. The van der Waals surface area contributed by atoms with Gasteiger partial charge in [-0.25, -0.2) is 0 Å². The Kier molecular flexibility index (Phi) is 7.46. The smallest absolute Gasteiger partial charge is 0.307 e. The van der Waals surface area contributed by atoms with E-state index >= 15 is 0 Å². The summed E-state index contributed by atoms with van der Waals surface area (Å²) in [6.45, 7) is 2.75. The highest BCUT2D eigenvalue weighted by molar-refractivity contribution is 5.90. The van der Waals surface area contributed by atoms with Crippen LogP contribution in [-0.4, -0.2) is 23.5 Å². The Bertz CT molecular complexity index is 474. The highest BCUT2D eigenvalue weighted by Crippen LogP contribution is 2.16. The maximum atomic E-state index is 11.9. The van der Waals surface area contributed by atoms with Gasteiger partial charge in [-0.1, -0.05) is 25.5 Å². The highest BCUT2D eigenvalue weighted by Gasteiger charge is 2.09. The molecule has 1 atom stereocenters. The van der Waals surface area contributed by atoms with E-state index in [9.17, 15) is 9.59 Å². The number of benzene rings is 1. The zero-order valence-electron chi connectivity index (χ0n) is 12.5. The first-order valence-corrected chi connectivity index (χ1v) is 7.35. The molecule has 0 heterocycles. The number of hydrogen-bond donors (Lipinski definition) is 3. The summed E-state index contributed by atoms with van der Waals surface area (Å²) in [5, 5.41) is 11.6. The molecule has 1 aromatic carbocycles. The molecule has 1 rings (SSSR count). The van der Waals surface area contributed by atoms with E-state index in [-0.39, 0.29) is 12.3 Å². The summed E-state index contributed by atoms with van der Waals surface area (Å²) < 4.78 is 0. The van der Waals surface area contributed by atoms with Gasteiger partial charge in [0.15, 0.2) is 0 Å². The van der Waals surface area contributed by atoms with E-state index in [0.717, 1.165) is 19.3 Å². The van der Waals surface area contributed by atoms with E-state index in [2.05, 4.69) is 12.2 Å². The molecule has 0 radical (unpaired) electrons. The van der Waals surface area contributed by atoms with Crippen molar-refractivity contribution in [2.45, 2.75) is 39.0 Å². The number of aliphatic carboxylic acids is 1. The van der Waals surface area contributed by atoms with Crippen LogP contribution < -0.4 is 11.1 Å². The minimum absolute atomic E-state index is 0.0435. The summed E-state index contributed by atoms with van der Waals surface area (Å²) in [6.07, 6.45) is 3.21. The average molecular weight is 292 g/mol. The number of amides is 1. The van der Waals surface area contributed by atoms with Crippen LogP contribution in [0, 0.1) is 5.92 Å². The fraction of sp³-hybridized carbons (Fsp3) is 0.500. The van der Waals surface area contributed by atoms with Gasteiger partial charge >= 0.3 is 5.97 Å². The number of anilines is 1. The van der Waals surface area contributed by atoms with Crippen molar-refractivity contribution in [3.63, 3.8) is 0 Å². The van der Waals surface area contributed by atoms with Gasteiger partial charge in [0.2, 0.25) is 5.91 Å². The van der Waals surface area contributed by atoms with Gasteiger partial charge in [-0.15, -0.1) is 0 Å². The number of carbonyl (C=O) groups excluding carboxylic acids is 1. The summed E-state index contributed by atoms with van der Waals surface area (Å²) >= 11 is 0. The molecule has 0 saturated heterocycles. The molecule has 21 heavy (non-hydrogen) atoms. The van der Waals surface area contributed by atoms with Crippen LogP contribution in [-0.2, 0) is 16.0 Å². The Labute approximate surface area is 125 Å². The Balaban J connectivity index is 2.49. The molecule has 0 aromatic heterocycles. The van der Waals surface area contributed by atoms with Crippen molar-refractivity contribution in [2.24, 2.45) is 11.7 Å². The molecule has 116 valence electrons. The van der Waals surface area contributed by atoms with E-state index in [0.29, 0.717) is 30.1 Å². The van der Waals surface area contributed by atoms with Crippen LogP contribution in [0.15, 0.2) is 24.3 Å². The number of hydrogen-bond acceptors (Lipinski definition) is 3. The fourth-order valence-corrected chi connectivity index (χ4v) is 2.28. The van der Waals surface area contributed by atoms with E-state index in [1.807, 2.05) is 0 Å². The summed E-state index contributed by atoms with van der Waals surface area (Å²) in [5.41, 5.74) is 6.86. The Morgan fingerprint density at radius 2 is 2.10 bits per heavy atom. The van der Waals surface area contributed by atoms with E-state index < -0.39 is 5.97 Å². The van der Waals surface area contributed by atoms with Crippen LogP contribution in [0.5, 0.6) is 0 Å². The summed E-state index contributed by atoms with van der Waals surface area (Å²) in [6, 6.07) is 6.94. The predicted octanol–water partition coefficient (Wildman–Crippen LogP) is 2.41. The second kappa shape index (κ2) is 9.13. The van der Waals surface area contributed by atoms with Crippen molar-refractivity contribution in [1.82, 2.24) is 0 Å².